The molecule has 1 N–H and O–H groups in total. The van der Waals surface area contributed by atoms with Crippen LogP contribution in [-0.2, 0) is 19.5 Å². The van der Waals surface area contributed by atoms with Crippen molar-refractivity contribution in [1.29, 1.82) is 0 Å². The van der Waals surface area contributed by atoms with E-state index in [0.29, 0.717) is 6.54 Å². The first-order chi connectivity index (χ1) is 9.33. The number of nitrogens with zero attached hydrogens (tertiary/aromatic N) is 4. The zero-order valence-corrected chi connectivity index (χ0v) is 12.0. The Labute approximate surface area is 117 Å². The van der Waals surface area contributed by atoms with Crippen LogP contribution in [0, 0.1) is 5.92 Å². The lowest BCUT2D eigenvalue weighted by atomic mass is 10.4. The van der Waals surface area contributed by atoms with Gasteiger partial charge in [0.25, 0.3) is 0 Å². The van der Waals surface area contributed by atoms with Gasteiger partial charge in [0, 0.05) is 11.9 Å². The summed E-state index contributed by atoms with van der Waals surface area (Å²) >= 11 is 1.71. The summed E-state index contributed by atoms with van der Waals surface area (Å²) in [6, 6.07) is 0. The molecule has 0 unspecified atom stereocenters. The molecule has 1 saturated carbocycles. The number of hydrogen-bond acceptors (Lipinski definition) is 5. The van der Waals surface area contributed by atoms with Crippen LogP contribution < -0.4 is 5.32 Å². The van der Waals surface area contributed by atoms with Crippen LogP contribution in [0.15, 0.2) is 11.6 Å². The summed E-state index contributed by atoms with van der Waals surface area (Å²) in [6.45, 7) is 4.76. The number of nitrogens with one attached hydrogen (secondary N) is 1. The van der Waals surface area contributed by atoms with Crippen molar-refractivity contribution >= 4 is 11.3 Å². The van der Waals surface area contributed by atoms with Crippen LogP contribution in [-0.4, -0.2) is 26.5 Å². The average molecular weight is 277 g/mol. The van der Waals surface area contributed by atoms with Crippen LogP contribution in [0.2, 0.25) is 0 Å². The maximum atomic E-state index is 4.54. The Balaban J connectivity index is 1.51. The second kappa shape index (κ2) is 5.79. The van der Waals surface area contributed by atoms with Gasteiger partial charge in [0.15, 0.2) is 0 Å². The van der Waals surface area contributed by atoms with E-state index in [9.17, 15) is 0 Å². The highest BCUT2D eigenvalue weighted by Crippen LogP contribution is 2.27. The van der Waals surface area contributed by atoms with Crippen molar-refractivity contribution in [3.8, 4) is 0 Å². The van der Waals surface area contributed by atoms with Gasteiger partial charge < -0.3 is 5.32 Å². The second-order valence-electron chi connectivity index (χ2n) is 5.07. The molecule has 1 fully saturated rings. The van der Waals surface area contributed by atoms with E-state index < -0.39 is 0 Å². The molecule has 0 radical (unpaired) electrons. The molecule has 5 nitrogen and oxygen atoms in total. The molecule has 0 aliphatic heterocycles. The first-order valence-corrected chi connectivity index (χ1v) is 7.74. The minimum Gasteiger partial charge on any atom is -0.311 e. The molecule has 2 aromatic rings. The Bertz CT molecular complexity index is 529. The van der Waals surface area contributed by atoms with Gasteiger partial charge in [0.1, 0.15) is 0 Å². The van der Waals surface area contributed by atoms with Crippen molar-refractivity contribution in [3.63, 3.8) is 0 Å². The first kappa shape index (κ1) is 12.7. The largest absolute Gasteiger partial charge is 0.311 e. The van der Waals surface area contributed by atoms with E-state index in [2.05, 4.69) is 32.9 Å². The minimum absolute atomic E-state index is 0.714. The second-order valence-corrected chi connectivity index (χ2v) is 6.01. The SMILES string of the molecule is CCc1nc(Cn2cc(CNCC3CC3)nn2)cs1. The molecule has 1 aliphatic carbocycles. The molecule has 0 saturated heterocycles. The summed E-state index contributed by atoms with van der Waals surface area (Å²) in [7, 11) is 0. The van der Waals surface area contributed by atoms with Gasteiger partial charge in [-0.2, -0.15) is 0 Å². The molecule has 3 rings (SSSR count). The van der Waals surface area contributed by atoms with Gasteiger partial charge in [-0.25, -0.2) is 9.67 Å². The highest BCUT2D eigenvalue weighted by molar-refractivity contribution is 7.09. The third-order valence-electron chi connectivity index (χ3n) is 3.25. The topological polar surface area (TPSA) is 55.6 Å². The van der Waals surface area contributed by atoms with Crippen LogP contribution in [0.25, 0.3) is 0 Å². The van der Waals surface area contributed by atoms with Gasteiger partial charge in [-0.3, -0.25) is 0 Å². The predicted octanol–water partition coefficient (Wildman–Crippen LogP) is 1.84. The summed E-state index contributed by atoms with van der Waals surface area (Å²) in [5.41, 5.74) is 2.08. The van der Waals surface area contributed by atoms with Gasteiger partial charge >= 0.3 is 0 Å². The summed E-state index contributed by atoms with van der Waals surface area (Å²) in [4.78, 5) is 4.54. The minimum atomic E-state index is 0.714. The van der Waals surface area contributed by atoms with E-state index in [1.807, 2.05) is 10.9 Å². The predicted molar refractivity (Wildman–Crippen MR) is 75.0 cm³/mol. The lowest BCUT2D eigenvalue weighted by molar-refractivity contribution is 0.625. The van der Waals surface area contributed by atoms with E-state index >= 15 is 0 Å². The number of hydrogen-bond donors (Lipinski definition) is 1. The third kappa shape index (κ3) is 3.61. The number of aryl methyl sites for hydroxylation is 1. The Hall–Kier alpha value is -1.27. The Kier molecular flexibility index (Phi) is 3.89. The van der Waals surface area contributed by atoms with Gasteiger partial charge in [0.05, 0.1) is 29.1 Å². The molecule has 102 valence electrons. The summed E-state index contributed by atoms with van der Waals surface area (Å²) in [5.74, 6) is 0.900. The highest BCUT2D eigenvalue weighted by atomic mass is 32.1. The van der Waals surface area contributed by atoms with E-state index in [0.717, 1.165) is 36.8 Å². The monoisotopic (exact) mass is 277 g/mol. The fourth-order valence-corrected chi connectivity index (χ4v) is 2.71. The Morgan fingerprint density at radius 2 is 2.32 bits per heavy atom. The van der Waals surface area contributed by atoms with E-state index in [1.54, 1.807) is 11.3 Å². The van der Waals surface area contributed by atoms with Crippen molar-refractivity contribution in [2.75, 3.05) is 6.54 Å². The molecule has 2 aromatic heterocycles. The lowest BCUT2D eigenvalue weighted by Gasteiger charge is -1.98. The highest BCUT2D eigenvalue weighted by Gasteiger charge is 2.20. The first-order valence-electron chi connectivity index (χ1n) is 6.86. The van der Waals surface area contributed by atoms with Gasteiger partial charge in [-0.1, -0.05) is 12.1 Å². The van der Waals surface area contributed by atoms with Crippen LogP contribution in [0.5, 0.6) is 0 Å². The number of thiazole rings is 1. The van der Waals surface area contributed by atoms with E-state index in [4.69, 9.17) is 0 Å². The molecule has 6 heteroatoms. The van der Waals surface area contributed by atoms with Gasteiger partial charge in [0.2, 0.25) is 0 Å². The average Bonchev–Trinajstić information content (AvgIpc) is 2.96. The summed E-state index contributed by atoms with van der Waals surface area (Å²) < 4.78 is 1.86. The molecule has 0 amide bonds. The van der Waals surface area contributed by atoms with Crippen LogP contribution >= 0.6 is 11.3 Å². The Morgan fingerprint density at radius 3 is 3.05 bits per heavy atom. The quantitative estimate of drug-likeness (QED) is 0.839. The molecule has 1 aliphatic rings. The van der Waals surface area contributed by atoms with Crippen LogP contribution in [0.1, 0.15) is 36.2 Å². The smallest absolute Gasteiger partial charge is 0.0964 e. The summed E-state index contributed by atoms with van der Waals surface area (Å²) in [5, 5.41) is 15.0. The zero-order valence-electron chi connectivity index (χ0n) is 11.2. The van der Waals surface area contributed by atoms with Crippen LogP contribution in [0.3, 0.4) is 0 Å². The number of rotatable bonds is 7. The number of aromatic nitrogens is 4. The molecule has 0 aromatic carbocycles. The third-order valence-corrected chi connectivity index (χ3v) is 4.29. The standard InChI is InChI=1S/C13H19N5S/c1-2-13-15-12(9-19-13)8-18-7-11(16-17-18)6-14-5-10-3-4-10/h7,9-10,14H,2-6,8H2,1H3. The lowest BCUT2D eigenvalue weighted by Crippen LogP contribution is -2.16. The zero-order chi connectivity index (χ0) is 13.1. The normalized spacial score (nSPS) is 15.0. The maximum Gasteiger partial charge on any atom is 0.0964 e. The van der Waals surface area contributed by atoms with E-state index in [1.165, 1.54) is 17.8 Å². The molecule has 0 bridgehead atoms. The molecular formula is C13H19N5S. The van der Waals surface area contributed by atoms with Crippen molar-refractivity contribution in [1.82, 2.24) is 25.3 Å². The van der Waals surface area contributed by atoms with Crippen molar-refractivity contribution in [2.45, 2.75) is 39.3 Å². The van der Waals surface area contributed by atoms with Crippen LogP contribution in [0.4, 0.5) is 0 Å². The molecule has 0 atom stereocenters. The molecule has 2 heterocycles. The van der Waals surface area contributed by atoms with Gasteiger partial charge in [-0.05, 0) is 31.7 Å². The van der Waals surface area contributed by atoms with Crippen molar-refractivity contribution in [3.05, 3.63) is 28.0 Å². The summed E-state index contributed by atoms with van der Waals surface area (Å²) in [6.07, 6.45) is 5.76. The van der Waals surface area contributed by atoms with E-state index in [-0.39, 0.29) is 0 Å². The molecular weight excluding hydrogens is 258 g/mol. The molecule has 19 heavy (non-hydrogen) atoms. The fraction of sp³-hybridized carbons (Fsp3) is 0.615. The van der Waals surface area contributed by atoms with Crippen molar-refractivity contribution < 1.29 is 0 Å². The Morgan fingerprint density at radius 1 is 1.42 bits per heavy atom. The molecule has 0 spiro atoms. The van der Waals surface area contributed by atoms with Gasteiger partial charge in [-0.15, -0.1) is 16.4 Å². The maximum absolute atomic E-state index is 4.54. The fourth-order valence-electron chi connectivity index (χ4n) is 1.97. The van der Waals surface area contributed by atoms with Crippen molar-refractivity contribution in [2.24, 2.45) is 5.92 Å².